The molecule has 0 aliphatic carbocycles. The summed E-state index contributed by atoms with van der Waals surface area (Å²) >= 11 is 0. The molecule has 1 unspecified atom stereocenters. The Hall–Kier alpha value is -0.120. The van der Waals surface area contributed by atoms with E-state index in [0.29, 0.717) is 12.0 Å². The van der Waals surface area contributed by atoms with Gasteiger partial charge in [-0.1, -0.05) is 20.8 Å². The molecular weight excluding hydrogens is 176 g/mol. The zero-order valence-electron chi connectivity index (χ0n) is 9.74. The van der Waals surface area contributed by atoms with Crippen molar-refractivity contribution in [1.29, 1.82) is 0 Å². The first-order valence-electron chi connectivity index (χ1n) is 5.76. The van der Waals surface area contributed by atoms with Crippen molar-refractivity contribution in [2.45, 2.75) is 26.8 Å². The minimum Gasteiger partial charge on any atom is -0.395 e. The molecule has 0 aromatic rings. The van der Waals surface area contributed by atoms with Crippen LogP contribution in [0.3, 0.4) is 0 Å². The summed E-state index contributed by atoms with van der Waals surface area (Å²) in [6.07, 6.45) is 0. The molecule has 3 heteroatoms. The Morgan fingerprint density at radius 1 is 1.36 bits per heavy atom. The van der Waals surface area contributed by atoms with Gasteiger partial charge < -0.3 is 10.0 Å². The van der Waals surface area contributed by atoms with Crippen LogP contribution in [0.4, 0.5) is 0 Å². The maximum Gasteiger partial charge on any atom is 0.0558 e. The summed E-state index contributed by atoms with van der Waals surface area (Å²) < 4.78 is 0. The summed E-state index contributed by atoms with van der Waals surface area (Å²) in [5.41, 5.74) is 0. The molecule has 1 aliphatic rings. The second kappa shape index (κ2) is 5.69. The van der Waals surface area contributed by atoms with Gasteiger partial charge in [0.15, 0.2) is 0 Å². The van der Waals surface area contributed by atoms with E-state index in [1.54, 1.807) is 0 Å². The van der Waals surface area contributed by atoms with E-state index in [1.807, 2.05) is 0 Å². The fourth-order valence-electron chi connectivity index (χ4n) is 2.23. The van der Waals surface area contributed by atoms with Crippen LogP contribution < -0.4 is 0 Å². The monoisotopic (exact) mass is 200 g/mol. The average molecular weight is 200 g/mol. The summed E-state index contributed by atoms with van der Waals surface area (Å²) in [7, 11) is 0. The van der Waals surface area contributed by atoms with Gasteiger partial charge in [0, 0.05) is 32.2 Å². The predicted octanol–water partition coefficient (Wildman–Crippen LogP) is 0.641. The summed E-state index contributed by atoms with van der Waals surface area (Å²) in [5, 5.41) is 8.99. The summed E-state index contributed by atoms with van der Waals surface area (Å²) in [6.45, 7) is 12.5. The van der Waals surface area contributed by atoms with Crippen molar-refractivity contribution < 1.29 is 5.11 Å². The van der Waals surface area contributed by atoms with Gasteiger partial charge in [-0.05, 0) is 12.5 Å². The van der Waals surface area contributed by atoms with Gasteiger partial charge in [-0.25, -0.2) is 0 Å². The van der Waals surface area contributed by atoms with Gasteiger partial charge in [-0.15, -0.1) is 0 Å². The minimum absolute atomic E-state index is 0.287. The van der Waals surface area contributed by atoms with Crippen molar-refractivity contribution in [3.63, 3.8) is 0 Å². The molecule has 1 rings (SSSR count). The Morgan fingerprint density at radius 3 is 2.57 bits per heavy atom. The van der Waals surface area contributed by atoms with Gasteiger partial charge in [0.05, 0.1) is 6.61 Å². The first-order valence-corrected chi connectivity index (χ1v) is 5.76. The molecule has 1 aliphatic heterocycles. The van der Waals surface area contributed by atoms with Gasteiger partial charge in [-0.2, -0.15) is 0 Å². The highest BCUT2D eigenvalue weighted by molar-refractivity contribution is 4.83. The van der Waals surface area contributed by atoms with E-state index in [0.717, 1.165) is 32.7 Å². The van der Waals surface area contributed by atoms with E-state index in [2.05, 4.69) is 30.6 Å². The summed E-state index contributed by atoms with van der Waals surface area (Å²) in [6, 6.07) is 0.621. The lowest BCUT2D eigenvalue weighted by atomic mass is 9.99. The summed E-state index contributed by atoms with van der Waals surface area (Å²) in [5.74, 6) is 0.677. The number of piperazine rings is 1. The molecule has 0 bridgehead atoms. The third-order valence-corrected chi connectivity index (χ3v) is 3.22. The first-order chi connectivity index (χ1) is 6.69. The zero-order valence-corrected chi connectivity index (χ0v) is 9.74. The van der Waals surface area contributed by atoms with Crippen molar-refractivity contribution in [3.8, 4) is 0 Å². The van der Waals surface area contributed by atoms with Gasteiger partial charge in [0.2, 0.25) is 0 Å². The molecule has 1 N–H and O–H groups in total. The molecule has 1 heterocycles. The number of β-amino-alcohol motifs (C(OH)–C–C–N with tert-alkyl or cyclic N) is 1. The van der Waals surface area contributed by atoms with E-state index >= 15 is 0 Å². The second-order valence-electron chi connectivity index (χ2n) is 4.46. The predicted molar refractivity (Wildman–Crippen MR) is 59.4 cm³/mol. The number of aliphatic hydroxyl groups excluding tert-OH is 1. The largest absolute Gasteiger partial charge is 0.395 e. The number of nitrogens with zero attached hydrogens (tertiary/aromatic N) is 2. The Labute approximate surface area is 87.7 Å². The van der Waals surface area contributed by atoms with Crippen LogP contribution in [-0.4, -0.2) is 60.3 Å². The Balaban J connectivity index is 2.51. The van der Waals surface area contributed by atoms with E-state index in [9.17, 15) is 0 Å². The topological polar surface area (TPSA) is 26.7 Å². The second-order valence-corrected chi connectivity index (χ2v) is 4.46. The minimum atomic E-state index is 0.287. The molecule has 1 fully saturated rings. The molecule has 1 atom stereocenters. The number of hydrogen-bond acceptors (Lipinski definition) is 3. The average Bonchev–Trinajstić information content (AvgIpc) is 2.18. The van der Waals surface area contributed by atoms with Crippen LogP contribution in [0.15, 0.2) is 0 Å². The molecule has 84 valence electrons. The van der Waals surface area contributed by atoms with Crippen LogP contribution in [0.25, 0.3) is 0 Å². The molecule has 14 heavy (non-hydrogen) atoms. The number of hydrogen-bond donors (Lipinski definition) is 1. The van der Waals surface area contributed by atoms with Crippen molar-refractivity contribution in [2.75, 3.05) is 39.3 Å². The fraction of sp³-hybridized carbons (Fsp3) is 1.00. The Bertz CT molecular complexity index is 161. The lowest BCUT2D eigenvalue weighted by Gasteiger charge is -2.43. The number of aliphatic hydroxyl groups is 1. The zero-order chi connectivity index (χ0) is 10.6. The van der Waals surface area contributed by atoms with Crippen LogP contribution in [-0.2, 0) is 0 Å². The molecular formula is C11H24N2O. The molecule has 0 radical (unpaired) electrons. The third kappa shape index (κ3) is 2.94. The Morgan fingerprint density at radius 2 is 2.07 bits per heavy atom. The highest BCUT2D eigenvalue weighted by Gasteiger charge is 2.27. The lowest BCUT2D eigenvalue weighted by molar-refractivity contribution is 0.0406. The van der Waals surface area contributed by atoms with E-state index in [4.69, 9.17) is 5.11 Å². The van der Waals surface area contributed by atoms with Crippen LogP contribution in [0.5, 0.6) is 0 Å². The Kier molecular flexibility index (Phi) is 4.85. The van der Waals surface area contributed by atoms with Gasteiger partial charge in [0.1, 0.15) is 0 Å². The van der Waals surface area contributed by atoms with Crippen LogP contribution in [0.1, 0.15) is 20.8 Å². The van der Waals surface area contributed by atoms with Gasteiger partial charge in [-0.3, -0.25) is 4.90 Å². The smallest absolute Gasteiger partial charge is 0.0558 e. The van der Waals surface area contributed by atoms with Crippen molar-refractivity contribution >= 4 is 0 Å². The van der Waals surface area contributed by atoms with E-state index in [1.165, 1.54) is 0 Å². The number of likely N-dealkylation sites (N-methyl/N-ethyl adjacent to an activating group) is 1. The van der Waals surface area contributed by atoms with Gasteiger partial charge in [0.25, 0.3) is 0 Å². The molecule has 0 amide bonds. The lowest BCUT2D eigenvalue weighted by Crippen LogP contribution is -2.55. The normalized spacial score (nSPS) is 25.9. The first kappa shape index (κ1) is 12.0. The molecule has 0 saturated carbocycles. The highest BCUT2D eigenvalue weighted by atomic mass is 16.3. The third-order valence-electron chi connectivity index (χ3n) is 3.22. The maximum absolute atomic E-state index is 8.99. The van der Waals surface area contributed by atoms with Crippen LogP contribution in [0, 0.1) is 5.92 Å². The quantitative estimate of drug-likeness (QED) is 0.721. The van der Waals surface area contributed by atoms with Crippen LogP contribution in [0.2, 0.25) is 0 Å². The molecule has 3 nitrogen and oxygen atoms in total. The standard InChI is InChI=1S/C11H24N2O/c1-4-12-5-6-13(7-8-14)11(9-12)10(2)3/h10-11,14H,4-9H2,1-3H3. The molecule has 0 aromatic carbocycles. The van der Waals surface area contributed by atoms with E-state index < -0.39 is 0 Å². The number of rotatable bonds is 4. The molecule has 0 aromatic heterocycles. The van der Waals surface area contributed by atoms with Crippen LogP contribution >= 0.6 is 0 Å². The van der Waals surface area contributed by atoms with Crippen molar-refractivity contribution in [1.82, 2.24) is 9.80 Å². The molecule has 0 spiro atoms. The fourth-order valence-corrected chi connectivity index (χ4v) is 2.23. The van der Waals surface area contributed by atoms with Crippen molar-refractivity contribution in [3.05, 3.63) is 0 Å². The highest BCUT2D eigenvalue weighted by Crippen LogP contribution is 2.16. The maximum atomic E-state index is 8.99. The van der Waals surface area contributed by atoms with Crippen molar-refractivity contribution in [2.24, 2.45) is 5.92 Å². The summed E-state index contributed by atoms with van der Waals surface area (Å²) in [4.78, 5) is 4.93. The molecule has 1 saturated heterocycles. The van der Waals surface area contributed by atoms with E-state index in [-0.39, 0.29) is 6.61 Å². The SMILES string of the molecule is CCN1CCN(CCO)C(C(C)C)C1. The van der Waals surface area contributed by atoms with Gasteiger partial charge >= 0.3 is 0 Å².